The normalized spacial score (nSPS) is 10.8. The van der Waals surface area contributed by atoms with Gasteiger partial charge in [-0.2, -0.15) is 0 Å². The number of carboxylic acid groups (broad SMARTS) is 1. The van der Waals surface area contributed by atoms with Gasteiger partial charge in [-0.25, -0.2) is 19.1 Å². The monoisotopic (exact) mass is 486 g/mol. The maximum absolute atomic E-state index is 14.5. The predicted octanol–water partition coefficient (Wildman–Crippen LogP) is 6.41. The van der Waals surface area contributed by atoms with Crippen molar-refractivity contribution in [2.24, 2.45) is 0 Å². The van der Waals surface area contributed by atoms with Crippen LogP contribution in [0.4, 0.5) is 20.7 Å². The highest BCUT2D eigenvalue weighted by atomic mass is 19.1. The van der Waals surface area contributed by atoms with Crippen molar-refractivity contribution in [3.63, 3.8) is 0 Å². The van der Waals surface area contributed by atoms with Crippen molar-refractivity contribution >= 4 is 28.5 Å². The third-order valence-corrected chi connectivity index (χ3v) is 5.92. The lowest BCUT2D eigenvalue weighted by molar-refractivity contribution is 0.203. The van der Waals surface area contributed by atoms with E-state index in [4.69, 9.17) is 9.72 Å². The zero-order valence-electron chi connectivity index (χ0n) is 20.6. The zero-order valence-corrected chi connectivity index (χ0v) is 20.6. The van der Waals surface area contributed by atoms with Gasteiger partial charge >= 0.3 is 6.09 Å². The van der Waals surface area contributed by atoms with Crippen molar-refractivity contribution < 1.29 is 19.0 Å². The summed E-state index contributed by atoms with van der Waals surface area (Å²) in [6.07, 6.45) is 0.454. The van der Waals surface area contributed by atoms with Crippen molar-refractivity contribution in [1.82, 2.24) is 9.97 Å². The molecule has 2 aromatic carbocycles. The molecule has 1 amide bonds. The molecule has 4 rings (SSSR count). The Morgan fingerprint density at radius 2 is 1.86 bits per heavy atom. The number of nitrogens with zero attached hydrogens (tertiary/aromatic N) is 4. The number of allylic oxidation sites excluding steroid dienone is 1. The summed E-state index contributed by atoms with van der Waals surface area (Å²) in [6.45, 7) is 7.71. The van der Waals surface area contributed by atoms with Crippen LogP contribution < -0.4 is 14.5 Å². The minimum Gasteiger partial charge on any atom is -0.497 e. The van der Waals surface area contributed by atoms with Crippen molar-refractivity contribution in [3.8, 4) is 16.9 Å². The van der Waals surface area contributed by atoms with E-state index in [9.17, 15) is 14.3 Å². The van der Waals surface area contributed by atoms with Crippen LogP contribution in [0.2, 0.25) is 0 Å². The van der Waals surface area contributed by atoms with Crippen LogP contribution in [-0.4, -0.2) is 35.3 Å². The van der Waals surface area contributed by atoms with Crippen LogP contribution >= 0.6 is 0 Å². The lowest BCUT2D eigenvalue weighted by Crippen LogP contribution is -2.27. The summed E-state index contributed by atoms with van der Waals surface area (Å²) >= 11 is 0. The first-order valence-electron chi connectivity index (χ1n) is 11.3. The Balaban J connectivity index is 1.66. The van der Waals surface area contributed by atoms with Gasteiger partial charge in [-0.1, -0.05) is 24.8 Å². The Bertz CT molecular complexity index is 1440. The van der Waals surface area contributed by atoms with E-state index in [0.717, 1.165) is 44.2 Å². The lowest BCUT2D eigenvalue weighted by atomic mass is 10.0. The molecule has 2 heterocycles. The number of carbonyl (C=O) groups is 1. The average Bonchev–Trinajstić information content (AvgIpc) is 2.84. The molecular formula is C28H27FN4O3. The van der Waals surface area contributed by atoms with Gasteiger partial charge in [0.15, 0.2) is 0 Å². The number of methoxy groups -OCH3 is 1. The fourth-order valence-electron chi connectivity index (χ4n) is 4.06. The second-order valence-electron chi connectivity index (χ2n) is 8.58. The van der Waals surface area contributed by atoms with Gasteiger partial charge < -0.3 is 14.7 Å². The van der Waals surface area contributed by atoms with Gasteiger partial charge in [0.2, 0.25) is 0 Å². The van der Waals surface area contributed by atoms with Crippen LogP contribution in [0, 0.1) is 12.7 Å². The molecule has 0 unspecified atom stereocenters. The van der Waals surface area contributed by atoms with Gasteiger partial charge in [-0.3, -0.25) is 4.98 Å². The maximum atomic E-state index is 14.5. The van der Waals surface area contributed by atoms with Gasteiger partial charge in [0.25, 0.3) is 0 Å². The summed E-state index contributed by atoms with van der Waals surface area (Å²) in [5.41, 5.74) is 4.15. The minimum absolute atomic E-state index is 0.0828. The predicted molar refractivity (Wildman–Crippen MR) is 140 cm³/mol. The van der Waals surface area contributed by atoms with Crippen LogP contribution in [0.25, 0.3) is 22.0 Å². The average molecular weight is 487 g/mol. The lowest BCUT2D eigenvalue weighted by Gasteiger charge is -2.21. The van der Waals surface area contributed by atoms with Crippen molar-refractivity contribution in [2.45, 2.75) is 20.4 Å². The second kappa shape index (κ2) is 10.0. The minimum atomic E-state index is -1.30. The second-order valence-corrected chi connectivity index (χ2v) is 8.58. The first-order valence-corrected chi connectivity index (χ1v) is 11.3. The molecule has 0 bridgehead atoms. The molecule has 0 atom stereocenters. The van der Waals surface area contributed by atoms with E-state index in [1.165, 1.54) is 19.1 Å². The molecule has 0 saturated carbocycles. The fourth-order valence-corrected chi connectivity index (χ4v) is 4.06. The number of hydrogen-bond donors (Lipinski definition) is 1. The molecular weight excluding hydrogens is 459 g/mol. The number of anilines is 2. The Morgan fingerprint density at radius 3 is 2.50 bits per heavy atom. The molecule has 4 aromatic rings. The molecule has 0 radical (unpaired) electrons. The molecule has 2 aromatic heterocycles. The first-order chi connectivity index (χ1) is 17.2. The Morgan fingerprint density at radius 1 is 1.14 bits per heavy atom. The van der Waals surface area contributed by atoms with Gasteiger partial charge in [0, 0.05) is 48.2 Å². The molecule has 0 aliphatic carbocycles. The number of aromatic nitrogens is 2. The van der Waals surface area contributed by atoms with Crippen LogP contribution in [0.5, 0.6) is 5.75 Å². The van der Waals surface area contributed by atoms with Crippen molar-refractivity contribution in [3.05, 3.63) is 90.1 Å². The number of halogens is 1. The number of benzene rings is 2. The highest BCUT2D eigenvalue weighted by Crippen LogP contribution is 2.32. The molecule has 0 fully saturated rings. The molecule has 0 aliphatic heterocycles. The number of hydrogen-bond acceptors (Lipinski definition) is 5. The molecule has 184 valence electrons. The van der Waals surface area contributed by atoms with E-state index < -0.39 is 11.9 Å². The number of fused-ring (bicyclic) bond motifs is 1. The van der Waals surface area contributed by atoms with Crippen LogP contribution in [0.1, 0.15) is 18.2 Å². The molecule has 8 heteroatoms. The van der Waals surface area contributed by atoms with E-state index in [1.807, 2.05) is 55.3 Å². The van der Waals surface area contributed by atoms with E-state index in [1.54, 1.807) is 19.4 Å². The molecule has 0 aliphatic rings. The number of aryl methyl sites for hydroxylation is 1. The number of ether oxygens (including phenoxy) is 1. The molecule has 0 saturated heterocycles. The first kappa shape index (κ1) is 24.7. The number of rotatable bonds is 7. The van der Waals surface area contributed by atoms with E-state index in [0.29, 0.717) is 12.1 Å². The fraction of sp³-hybridized carbons (Fsp3) is 0.179. The Hall–Kier alpha value is -4.46. The Labute approximate surface area is 209 Å². The third kappa shape index (κ3) is 4.98. The standard InChI is InChI=1S/C28H27FN4O3/c1-17(2)33(28(34)35)26-13-20(8-11-24(26)29)23-12-21-15-30-27(14-25(21)31-18(23)3)32(4)16-19-6-9-22(36-5)10-7-19/h6-15H,1,16H2,2-5H3,(H,34,35). The van der Waals surface area contributed by atoms with E-state index in [-0.39, 0.29) is 11.4 Å². The molecule has 7 nitrogen and oxygen atoms in total. The zero-order chi connectivity index (χ0) is 26.0. The molecule has 36 heavy (non-hydrogen) atoms. The third-order valence-electron chi connectivity index (χ3n) is 5.92. The number of pyridine rings is 2. The Kier molecular flexibility index (Phi) is 6.87. The summed E-state index contributed by atoms with van der Waals surface area (Å²) in [5.74, 6) is 0.937. The van der Waals surface area contributed by atoms with Crippen LogP contribution in [0.15, 0.2) is 73.1 Å². The van der Waals surface area contributed by atoms with Gasteiger partial charge in [0.05, 0.1) is 18.3 Å². The van der Waals surface area contributed by atoms with Crippen molar-refractivity contribution in [1.29, 1.82) is 0 Å². The van der Waals surface area contributed by atoms with Crippen LogP contribution in [0.3, 0.4) is 0 Å². The highest BCUT2D eigenvalue weighted by Gasteiger charge is 2.20. The molecule has 0 spiro atoms. The maximum Gasteiger partial charge on any atom is 0.416 e. The quantitative estimate of drug-likeness (QED) is 0.325. The van der Waals surface area contributed by atoms with Gasteiger partial charge in [0.1, 0.15) is 17.4 Å². The smallest absolute Gasteiger partial charge is 0.416 e. The summed E-state index contributed by atoms with van der Waals surface area (Å²) < 4.78 is 19.8. The topological polar surface area (TPSA) is 78.8 Å². The van der Waals surface area contributed by atoms with Crippen molar-refractivity contribution in [2.75, 3.05) is 24.0 Å². The van der Waals surface area contributed by atoms with Gasteiger partial charge in [-0.15, -0.1) is 0 Å². The largest absolute Gasteiger partial charge is 0.497 e. The van der Waals surface area contributed by atoms with E-state index >= 15 is 0 Å². The molecule has 1 N–H and O–H groups in total. The SMILES string of the molecule is C=C(C)N(C(=O)O)c1cc(-c2cc3cnc(N(C)Cc4ccc(OC)cc4)cc3nc2C)ccc1F. The van der Waals surface area contributed by atoms with E-state index in [2.05, 4.69) is 11.6 Å². The highest BCUT2D eigenvalue weighted by molar-refractivity contribution is 5.92. The van der Waals surface area contributed by atoms with Crippen LogP contribution in [-0.2, 0) is 6.54 Å². The summed E-state index contributed by atoms with van der Waals surface area (Å²) in [6, 6.07) is 16.1. The number of amides is 1. The summed E-state index contributed by atoms with van der Waals surface area (Å²) in [7, 11) is 3.61. The summed E-state index contributed by atoms with van der Waals surface area (Å²) in [5, 5.41) is 10.4. The summed E-state index contributed by atoms with van der Waals surface area (Å²) in [4.78, 5) is 23.9. The van der Waals surface area contributed by atoms with Gasteiger partial charge in [-0.05, 0) is 55.3 Å².